The van der Waals surface area contributed by atoms with E-state index >= 15 is 0 Å². The molecule has 0 aliphatic rings. The van der Waals surface area contributed by atoms with Crippen LogP contribution in [0.25, 0.3) is 16.8 Å². The summed E-state index contributed by atoms with van der Waals surface area (Å²) in [6, 6.07) is 14.0. The fraction of sp³-hybridized carbons (Fsp3) is 0.0385. The van der Waals surface area contributed by atoms with Crippen molar-refractivity contribution in [2.24, 2.45) is 0 Å². The van der Waals surface area contributed by atoms with E-state index in [2.05, 4.69) is 30.9 Å². The molecule has 10 nitrogen and oxygen atoms in total. The number of rotatable bonds is 6. The lowest BCUT2D eigenvalue weighted by atomic mass is 10.1. The predicted octanol–water partition coefficient (Wildman–Crippen LogP) is 6.42. The first-order valence-corrected chi connectivity index (χ1v) is 11.8. The number of anilines is 3. The van der Waals surface area contributed by atoms with Gasteiger partial charge in [-0.2, -0.15) is 13.2 Å². The molecule has 3 aromatic heterocycles. The Morgan fingerprint density at radius 1 is 0.975 bits per heavy atom. The summed E-state index contributed by atoms with van der Waals surface area (Å²) in [4.78, 5) is 20.8. The van der Waals surface area contributed by atoms with Crippen molar-refractivity contribution in [1.29, 1.82) is 0 Å². The highest BCUT2D eigenvalue weighted by Crippen LogP contribution is 2.33. The van der Waals surface area contributed by atoms with Crippen LogP contribution in [0.1, 0.15) is 5.56 Å². The molecule has 0 saturated heterocycles. The first-order chi connectivity index (χ1) is 19.2. The van der Waals surface area contributed by atoms with Crippen LogP contribution in [0.4, 0.5) is 35.2 Å². The summed E-state index contributed by atoms with van der Waals surface area (Å²) in [6.07, 6.45) is 0.928. The number of pyridine rings is 2. The molecule has 0 atom stereocenters. The number of nitrogens with zero attached hydrogens (tertiary/aromatic N) is 5. The second kappa shape index (κ2) is 10.9. The molecule has 4 N–H and O–H groups in total. The molecule has 2 amide bonds. The largest absolute Gasteiger partial charge is 0.439 e. The molecule has 0 fully saturated rings. The number of halogens is 4. The van der Waals surface area contributed by atoms with Gasteiger partial charge in [-0.25, -0.2) is 19.4 Å². The zero-order valence-corrected chi connectivity index (χ0v) is 21.0. The summed E-state index contributed by atoms with van der Waals surface area (Å²) in [7, 11) is 0. The number of hydrogen-bond donors (Lipinski definition) is 3. The number of amides is 2. The van der Waals surface area contributed by atoms with Crippen molar-refractivity contribution in [3.63, 3.8) is 0 Å². The van der Waals surface area contributed by atoms with Crippen LogP contribution in [0.5, 0.6) is 11.6 Å². The van der Waals surface area contributed by atoms with Gasteiger partial charge in [-0.05, 0) is 48.0 Å². The molecule has 0 unspecified atom stereocenters. The molecular formula is C26H18ClF3N8O2. The minimum Gasteiger partial charge on any atom is -0.439 e. The average Bonchev–Trinajstić information content (AvgIpc) is 3.46. The Hall–Kier alpha value is -5.17. The van der Waals surface area contributed by atoms with Crippen molar-refractivity contribution in [2.75, 3.05) is 16.4 Å². The van der Waals surface area contributed by atoms with Gasteiger partial charge >= 0.3 is 12.2 Å². The number of nitrogens with two attached hydrogens (primary N) is 1. The Bertz CT molecular complexity index is 1640. The van der Waals surface area contributed by atoms with Gasteiger partial charge in [-0.1, -0.05) is 28.9 Å². The fourth-order valence-corrected chi connectivity index (χ4v) is 3.80. The van der Waals surface area contributed by atoms with Gasteiger partial charge in [-0.15, -0.1) is 5.10 Å². The summed E-state index contributed by atoms with van der Waals surface area (Å²) in [5.41, 5.74) is 6.92. The molecule has 5 aromatic rings. The van der Waals surface area contributed by atoms with Gasteiger partial charge in [0.1, 0.15) is 11.6 Å². The summed E-state index contributed by atoms with van der Waals surface area (Å²) >= 11 is 6.01. The van der Waals surface area contributed by atoms with Gasteiger partial charge in [0.2, 0.25) is 5.88 Å². The zero-order valence-electron chi connectivity index (χ0n) is 20.2. The molecule has 3 heterocycles. The van der Waals surface area contributed by atoms with Crippen LogP contribution < -0.4 is 21.1 Å². The number of carbonyl (C=O) groups excluding carboxylic acids is 1. The Kier molecular flexibility index (Phi) is 7.21. The van der Waals surface area contributed by atoms with E-state index in [-0.39, 0.29) is 17.3 Å². The molecule has 40 heavy (non-hydrogen) atoms. The van der Waals surface area contributed by atoms with E-state index in [1.54, 1.807) is 42.5 Å². The zero-order chi connectivity index (χ0) is 28.3. The van der Waals surface area contributed by atoms with E-state index in [9.17, 15) is 18.0 Å². The van der Waals surface area contributed by atoms with E-state index in [1.165, 1.54) is 24.8 Å². The Labute approximate surface area is 229 Å². The van der Waals surface area contributed by atoms with Crippen LogP contribution in [0.3, 0.4) is 0 Å². The molecule has 0 spiro atoms. The summed E-state index contributed by atoms with van der Waals surface area (Å²) in [5.74, 6) is 1.12. The van der Waals surface area contributed by atoms with Gasteiger partial charge in [0, 0.05) is 17.8 Å². The van der Waals surface area contributed by atoms with Gasteiger partial charge in [0.05, 0.1) is 46.2 Å². The highest BCUT2D eigenvalue weighted by Gasteiger charge is 2.31. The van der Waals surface area contributed by atoms with E-state index in [0.717, 1.165) is 28.4 Å². The maximum atomic E-state index is 13.2. The molecule has 0 saturated carbocycles. The molecule has 5 rings (SSSR count). The first kappa shape index (κ1) is 26.4. The minimum absolute atomic E-state index is 0.00956. The van der Waals surface area contributed by atoms with Crippen LogP contribution in [0.15, 0.2) is 85.5 Å². The van der Waals surface area contributed by atoms with Crippen molar-refractivity contribution >= 4 is 34.8 Å². The maximum Gasteiger partial charge on any atom is 0.416 e. The lowest BCUT2D eigenvalue weighted by Crippen LogP contribution is -2.21. The molecule has 0 bridgehead atoms. The topological polar surface area (TPSA) is 133 Å². The number of hydrogen-bond acceptors (Lipinski definition) is 7. The summed E-state index contributed by atoms with van der Waals surface area (Å²) in [6.45, 7) is 0. The van der Waals surface area contributed by atoms with Gasteiger partial charge < -0.3 is 21.1 Å². The Balaban J connectivity index is 1.24. The third-order valence-electron chi connectivity index (χ3n) is 5.51. The number of ether oxygens (including phenoxy) is 1. The van der Waals surface area contributed by atoms with Crippen LogP contribution in [0.2, 0.25) is 5.02 Å². The standard InChI is InChI=1S/C26H18ClF3N8O2/c27-17-12-20(24(31)33-13-17)15-1-5-19(6-2-15)40-23-8-4-18(14-32-23)35-25(39)36-21-7-3-16(26(28,29)30)11-22(21)38-10-9-34-37-38/h1-14H,(H2,31,33)(H2,35,36,39). The number of benzene rings is 2. The minimum atomic E-state index is -4.57. The van der Waals surface area contributed by atoms with Crippen LogP contribution in [0, 0.1) is 0 Å². The summed E-state index contributed by atoms with van der Waals surface area (Å²) in [5, 5.41) is 12.9. The maximum absolute atomic E-state index is 13.2. The van der Waals surface area contributed by atoms with Crippen molar-refractivity contribution < 1.29 is 22.7 Å². The fourth-order valence-electron chi connectivity index (χ4n) is 3.64. The number of nitrogen functional groups attached to an aromatic ring is 1. The van der Waals surface area contributed by atoms with E-state index in [4.69, 9.17) is 22.1 Å². The van der Waals surface area contributed by atoms with Gasteiger partial charge in [0.15, 0.2) is 0 Å². The van der Waals surface area contributed by atoms with Gasteiger partial charge in [-0.3, -0.25) is 0 Å². The molecule has 0 radical (unpaired) electrons. The molecule has 0 aliphatic carbocycles. The third kappa shape index (κ3) is 6.10. The van der Waals surface area contributed by atoms with Crippen molar-refractivity contribution in [1.82, 2.24) is 25.0 Å². The number of alkyl halides is 3. The lowest BCUT2D eigenvalue weighted by molar-refractivity contribution is -0.137. The third-order valence-corrected chi connectivity index (χ3v) is 5.72. The molecular weight excluding hydrogens is 549 g/mol. The van der Waals surface area contributed by atoms with Crippen molar-refractivity contribution in [3.05, 3.63) is 96.0 Å². The molecule has 14 heteroatoms. The van der Waals surface area contributed by atoms with Crippen molar-refractivity contribution in [3.8, 4) is 28.4 Å². The van der Waals surface area contributed by atoms with E-state index in [0.29, 0.717) is 27.8 Å². The average molecular weight is 567 g/mol. The molecule has 2 aromatic carbocycles. The number of aromatic nitrogens is 5. The van der Waals surface area contributed by atoms with Crippen LogP contribution in [-0.2, 0) is 6.18 Å². The Morgan fingerprint density at radius 2 is 1.77 bits per heavy atom. The first-order valence-electron chi connectivity index (χ1n) is 11.5. The normalized spacial score (nSPS) is 11.2. The van der Waals surface area contributed by atoms with Gasteiger partial charge in [0.25, 0.3) is 0 Å². The summed E-state index contributed by atoms with van der Waals surface area (Å²) < 4.78 is 46.5. The second-order valence-corrected chi connectivity index (χ2v) is 8.69. The molecule has 202 valence electrons. The highest BCUT2D eigenvalue weighted by atomic mass is 35.5. The quantitative estimate of drug-likeness (QED) is 0.216. The predicted molar refractivity (Wildman–Crippen MR) is 142 cm³/mol. The number of carbonyl (C=O) groups is 1. The Morgan fingerprint density at radius 3 is 2.45 bits per heavy atom. The highest BCUT2D eigenvalue weighted by molar-refractivity contribution is 6.30. The van der Waals surface area contributed by atoms with E-state index < -0.39 is 17.8 Å². The smallest absolute Gasteiger partial charge is 0.416 e. The monoisotopic (exact) mass is 566 g/mol. The number of urea groups is 1. The van der Waals surface area contributed by atoms with Crippen LogP contribution in [-0.4, -0.2) is 31.0 Å². The van der Waals surface area contributed by atoms with Crippen LogP contribution >= 0.6 is 11.6 Å². The second-order valence-electron chi connectivity index (χ2n) is 8.25. The lowest BCUT2D eigenvalue weighted by Gasteiger charge is -2.14. The molecule has 0 aliphatic heterocycles. The SMILES string of the molecule is Nc1ncc(Cl)cc1-c1ccc(Oc2ccc(NC(=O)Nc3ccc(C(F)(F)F)cc3-n3ccnn3)cn2)cc1. The van der Waals surface area contributed by atoms with E-state index in [1.807, 2.05) is 0 Å². The number of nitrogens with one attached hydrogen (secondary N) is 2. The van der Waals surface area contributed by atoms with Crippen molar-refractivity contribution in [2.45, 2.75) is 6.18 Å².